The first-order chi connectivity index (χ1) is 16.7. The summed E-state index contributed by atoms with van der Waals surface area (Å²) in [6, 6.07) is 18.7. The van der Waals surface area contributed by atoms with Gasteiger partial charge in [0.25, 0.3) is 0 Å². The van der Waals surface area contributed by atoms with Crippen molar-refractivity contribution in [2.75, 3.05) is 0 Å². The second-order valence-corrected chi connectivity index (χ2v) is 11.5. The molecular weight excluding hydrogens is 509 g/mol. The molecular formula is C26H23Cl2NO5S. The van der Waals surface area contributed by atoms with E-state index in [9.17, 15) is 18.3 Å². The average Bonchev–Trinajstić information content (AvgIpc) is 3.50. The molecule has 0 radical (unpaired) electrons. The van der Waals surface area contributed by atoms with Crippen LogP contribution in [-0.4, -0.2) is 25.0 Å². The number of carbonyl (C=O) groups is 1. The van der Waals surface area contributed by atoms with Gasteiger partial charge in [-0.15, -0.1) is 0 Å². The number of rotatable bonds is 7. The molecule has 2 aliphatic rings. The second kappa shape index (κ2) is 9.13. The fourth-order valence-corrected chi connectivity index (χ4v) is 7.05. The van der Waals surface area contributed by atoms with E-state index >= 15 is 0 Å². The summed E-state index contributed by atoms with van der Waals surface area (Å²) in [7, 11) is -4.09. The first-order valence-electron chi connectivity index (χ1n) is 11.2. The Morgan fingerprint density at radius 3 is 2.54 bits per heavy atom. The molecule has 3 atom stereocenters. The molecule has 0 amide bonds. The Bertz CT molecular complexity index is 1390. The van der Waals surface area contributed by atoms with Gasteiger partial charge in [-0.1, -0.05) is 53.5 Å². The van der Waals surface area contributed by atoms with Gasteiger partial charge in [0, 0.05) is 21.5 Å². The van der Waals surface area contributed by atoms with Gasteiger partial charge in [-0.3, -0.25) is 4.79 Å². The Hall–Kier alpha value is -2.58. The van der Waals surface area contributed by atoms with Crippen molar-refractivity contribution in [3.05, 3.63) is 93.5 Å². The lowest BCUT2D eigenvalue weighted by atomic mass is 9.97. The van der Waals surface area contributed by atoms with E-state index in [1.807, 2.05) is 24.3 Å². The van der Waals surface area contributed by atoms with Crippen molar-refractivity contribution in [2.24, 2.45) is 5.92 Å². The fourth-order valence-electron chi connectivity index (χ4n) is 5.16. The molecule has 35 heavy (non-hydrogen) atoms. The molecule has 3 aromatic carbocycles. The lowest BCUT2D eigenvalue weighted by molar-refractivity contribution is -0.140. The fraction of sp³-hybridized carbons (Fsp3) is 0.269. The van der Waals surface area contributed by atoms with Gasteiger partial charge >= 0.3 is 5.97 Å². The highest BCUT2D eigenvalue weighted by Crippen LogP contribution is 2.62. The van der Waals surface area contributed by atoms with Gasteiger partial charge in [-0.25, -0.2) is 8.42 Å². The number of fused-ring (bicyclic) bond motifs is 3. The van der Waals surface area contributed by atoms with Crippen LogP contribution in [0.25, 0.3) is 0 Å². The van der Waals surface area contributed by atoms with E-state index < -0.39 is 21.5 Å². The van der Waals surface area contributed by atoms with Gasteiger partial charge in [0.1, 0.15) is 17.9 Å². The molecule has 3 aromatic rings. The molecule has 6 nitrogen and oxygen atoms in total. The van der Waals surface area contributed by atoms with E-state index in [0.717, 1.165) is 29.5 Å². The molecule has 182 valence electrons. The molecule has 0 heterocycles. The van der Waals surface area contributed by atoms with Gasteiger partial charge in [0.15, 0.2) is 0 Å². The Balaban J connectivity index is 1.35. The largest absolute Gasteiger partial charge is 0.489 e. The van der Waals surface area contributed by atoms with Crippen molar-refractivity contribution >= 4 is 39.2 Å². The minimum Gasteiger partial charge on any atom is -0.489 e. The highest BCUT2D eigenvalue weighted by Gasteiger charge is 2.72. The van der Waals surface area contributed by atoms with Crippen LogP contribution in [0.4, 0.5) is 0 Å². The Labute approximate surface area is 213 Å². The molecule has 1 fully saturated rings. The third-order valence-corrected chi connectivity index (χ3v) is 9.01. The number of aliphatic carboxylic acids is 1. The number of carboxylic acids is 1. The van der Waals surface area contributed by atoms with Gasteiger partial charge in [-0.2, -0.15) is 4.72 Å². The molecule has 2 N–H and O–H groups in total. The molecule has 9 heteroatoms. The number of hydrogen-bond acceptors (Lipinski definition) is 4. The second-order valence-electron chi connectivity index (χ2n) is 8.95. The SMILES string of the molecule is O=C(O)C1(NS(=O)(=O)c2ccc(OCc3ccc(Cl)cc3Cl)cc2)C2CCCc3ccccc3C21. The summed E-state index contributed by atoms with van der Waals surface area (Å²) < 4.78 is 34.8. The smallest absolute Gasteiger partial charge is 0.325 e. The van der Waals surface area contributed by atoms with E-state index in [1.54, 1.807) is 18.2 Å². The van der Waals surface area contributed by atoms with Crippen LogP contribution in [0.1, 0.15) is 35.4 Å². The molecule has 0 aromatic heterocycles. The summed E-state index contributed by atoms with van der Waals surface area (Å²) >= 11 is 12.1. The zero-order chi connectivity index (χ0) is 24.8. The number of benzene rings is 3. The van der Waals surface area contributed by atoms with E-state index in [2.05, 4.69) is 4.72 Å². The predicted octanol–water partition coefficient (Wildman–Crippen LogP) is 5.42. The normalized spacial score (nSPS) is 23.0. The third-order valence-electron chi connectivity index (χ3n) is 6.92. The number of aryl methyl sites for hydroxylation is 1. The maximum Gasteiger partial charge on any atom is 0.325 e. The lowest BCUT2D eigenvalue weighted by Crippen LogP contribution is -2.46. The maximum absolute atomic E-state index is 13.3. The monoisotopic (exact) mass is 531 g/mol. The quantitative estimate of drug-likeness (QED) is 0.424. The molecule has 2 aliphatic carbocycles. The minimum atomic E-state index is -4.09. The topological polar surface area (TPSA) is 92.7 Å². The predicted molar refractivity (Wildman–Crippen MR) is 134 cm³/mol. The summed E-state index contributed by atoms with van der Waals surface area (Å²) in [5.41, 5.74) is 1.20. The lowest BCUT2D eigenvalue weighted by Gasteiger charge is -2.19. The van der Waals surface area contributed by atoms with E-state index in [-0.39, 0.29) is 23.3 Å². The standard InChI is InChI=1S/C26H23Cl2NO5S/c27-18-9-8-17(23(28)14-18)15-34-19-10-12-20(13-11-19)35(32,33)29-26(25(30)31)22-7-3-5-16-4-1-2-6-21(16)24(22)26/h1-2,4,6,8-14,22,24,29H,3,5,7,15H2,(H,30,31). The highest BCUT2D eigenvalue weighted by atomic mass is 35.5. The van der Waals surface area contributed by atoms with Crippen molar-refractivity contribution < 1.29 is 23.1 Å². The molecule has 0 aliphatic heterocycles. The average molecular weight is 532 g/mol. The summed E-state index contributed by atoms with van der Waals surface area (Å²) in [6.45, 7) is 0.186. The van der Waals surface area contributed by atoms with Gasteiger partial charge < -0.3 is 9.84 Å². The summed E-state index contributed by atoms with van der Waals surface area (Å²) in [5.74, 6) is -1.37. The summed E-state index contributed by atoms with van der Waals surface area (Å²) in [5, 5.41) is 11.2. The van der Waals surface area contributed by atoms with E-state index in [1.165, 1.54) is 24.3 Å². The first kappa shape index (κ1) is 24.1. The van der Waals surface area contributed by atoms with Crippen LogP contribution in [0.2, 0.25) is 10.0 Å². The molecule has 0 saturated heterocycles. The Morgan fingerprint density at radius 1 is 1.09 bits per heavy atom. The van der Waals surface area contributed by atoms with Crippen molar-refractivity contribution in [2.45, 2.75) is 42.2 Å². The van der Waals surface area contributed by atoms with Crippen LogP contribution < -0.4 is 9.46 Å². The summed E-state index contributed by atoms with van der Waals surface area (Å²) in [6.07, 6.45) is 2.33. The van der Waals surface area contributed by atoms with Crippen molar-refractivity contribution in [1.82, 2.24) is 4.72 Å². The van der Waals surface area contributed by atoms with Crippen LogP contribution in [0.5, 0.6) is 5.75 Å². The molecule has 0 bridgehead atoms. The zero-order valence-corrected chi connectivity index (χ0v) is 20.9. The number of carboxylic acid groups (broad SMARTS) is 1. The van der Waals surface area contributed by atoms with E-state index in [0.29, 0.717) is 22.2 Å². The number of halogens is 2. The third kappa shape index (κ3) is 4.42. The maximum atomic E-state index is 13.3. The van der Waals surface area contributed by atoms with Crippen LogP contribution in [0, 0.1) is 5.92 Å². The highest BCUT2D eigenvalue weighted by molar-refractivity contribution is 7.89. The van der Waals surface area contributed by atoms with Gasteiger partial charge in [0.05, 0.1) is 4.90 Å². The molecule has 1 saturated carbocycles. The number of ether oxygens (including phenoxy) is 1. The van der Waals surface area contributed by atoms with Crippen molar-refractivity contribution in [3.63, 3.8) is 0 Å². The van der Waals surface area contributed by atoms with E-state index in [4.69, 9.17) is 27.9 Å². The van der Waals surface area contributed by atoms with Gasteiger partial charge in [0.2, 0.25) is 10.0 Å². The van der Waals surface area contributed by atoms with Gasteiger partial charge in [-0.05, 0) is 72.7 Å². The first-order valence-corrected chi connectivity index (χ1v) is 13.5. The zero-order valence-electron chi connectivity index (χ0n) is 18.6. The Kier molecular flexibility index (Phi) is 6.30. The molecule has 3 unspecified atom stereocenters. The van der Waals surface area contributed by atoms with Crippen LogP contribution in [-0.2, 0) is 27.8 Å². The Morgan fingerprint density at radius 2 is 1.83 bits per heavy atom. The molecule has 0 spiro atoms. The van der Waals surface area contributed by atoms with Crippen LogP contribution >= 0.6 is 23.2 Å². The molecule has 5 rings (SSSR count). The minimum absolute atomic E-state index is 0.0234. The van der Waals surface area contributed by atoms with Crippen LogP contribution in [0.15, 0.2) is 71.6 Å². The number of nitrogens with one attached hydrogen (secondary N) is 1. The van der Waals surface area contributed by atoms with Crippen molar-refractivity contribution in [1.29, 1.82) is 0 Å². The summed E-state index contributed by atoms with van der Waals surface area (Å²) in [4.78, 5) is 12.4. The number of sulfonamides is 1. The van der Waals surface area contributed by atoms with Crippen molar-refractivity contribution in [3.8, 4) is 5.75 Å². The number of hydrogen-bond donors (Lipinski definition) is 2. The van der Waals surface area contributed by atoms with Crippen LogP contribution in [0.3, 0.4) is 0 Å².